The van der Waals surface area contributed by atoms with Gasteiger partial charge in [0.05, 0.1) is 5.69 Å². The number of imidazole rings is 1. The lowest BCUT2D eigenvalue weighted by atomic mass is 10.1. The summed E-state index contributed by atoms with van der Waals surface area (Å²) in [4.78, 5) is 4.36. The third kappa shape index (κ3) is 1.48. The predicted octanol–water partition coefficient (Wildman–Crippen LogP) is 3.16. The van der Waals surface area contributed by atoms with E-state index in [1.165, 1.54) is 12.1 Å². The van der Waals surface area contributed by atoms with Crippen LogP contribution in [0.15, 0.2) is 24.3 Å². The van der Waals surface area contributed by atoms with Gasteiger partial charge in [-0.3, -0.25) is 0 Å². The van der Waals surface area contributed by atoms with E-state index in [1.807, 2.05) is 23.6 Å². The molecule has 0 amide bonds. The highest BCUT2D eigenvalue weighted by Crippen LogP contribution is 2.28. The Hall–Kier alpha value is -1.97. The summed E-state index contributed by atoms with van der Waals surface area (Å²) in [6.45, 7) is 2.65. The molecule has 2 aromatic rings. The molecule has 4 heteroatoms. The molecule has 3 rings (SSSR count). The molecule has 17 heavy (non-hydrogen) atoms. The fraction of sp³-hybridized carbons (Fsp3) is 0.154. The monoisotopic (exact) mass is 232 g/mol. The van der Waals surface area contributed by atoms with Gasteiger partial charge in [0, 0.05) is 23.9 Å². The molecule has 1 aromatic heterocycles. The summed E-state index contributed by atoms with van der Waals surface area (Å²) in [6.07, 6.45) is 3.90. The van der Waals surface area contributed by atoms with E-state index in [-0.39, 0.29) is 0 Å². The molecule has 0 N–H and O–H groups in total. The van der Waals surface area contributed by atoms with Crippen LogP contribution in [0.1, 0.15) is 11.5 Å². The van der Waals surface area contributed by atoms with E-state index in [1.54, 1.807) is 0 Å². The summed E-state index contributed by atoms with van der Waals surface area (Å²) in [5.74, 6) is -0.328. The average Bonchev–Trinajstić information content (AvgIpc) is 2.83. The number of halogens is 2. The van der Waals surface area contributed by atoms with E-state index in [0.29, 0.717) is 11.3 Å². The van der Waals surface area contributed by atoms with Gasteiger partial charge in [-0.25, -0.2) is 13.8 Å². The number of nitrogens with zero attached hydrogens (tertiary/aromatic N) is 2. The largest absolute Gasteiger partial charge is 0.324 e. The van der Waals surface area contributed by atoms with Crippen LogP contribution in [-0.4, -0.2) is 9.55 Å². The molecule has 1 aromatic carbocycles. The number of hydrogen-bond donors (Lipinski definition) is 0. The minimum Gasteiger partial charge on any atom is -0.324 e. The third-order valence-electron chi connectivity index (χ3n) is 2.99. The van der Waals surface area contributed by atoms with Crippen molar-refractivity contribution in [3.05, 3.63) is 47.4 Å². The molecule has 0 saturated heterocycles. The second kappa shape index (κ2) is 3.52. The highest BCUT2D eigenvalue weighted by molar-refractivity contribution is 5.65. The van der Waals surface area contributed by atoms with Gasteiger partial charge in [0.1, 0.15) is 17.5 Å². The summed E-state index contributed by atoms with van der Waals surface area (Å²) in [5.41, 5.74) is 1.83. The van der Waals surface area contributed by atoms with Crippen LogP contribution in [0.3, 0.4) is 0 Å². The van der Waals surface area contributed by atoms with Crippen LogP contribution in [-0.2, 0) is 6.54 Å². The van der Waals surface area contributed by atoms with Gasteiger partial charge < -0.3 is 4.57 Å². The molecule has 0 saturated carbocycles. The van der Waals surface area contributed by atoms with E-state index in [9.17, 15) is 8.78 Å². The van der Waals surface area contributed by atoms with E-state index in [0.717, 1.165) is 24.1 Å². The molecule has 0 aliphatic carbocycles. The van der Waals surface area contributed by atoms with Crippen LogP contribution in [0, 0.1) is 18.6 Å². The summed E-state index contributed by atoms with van der Waals surface area (Å²) in [6, 6.07) is 3.56. The Bertz CT molecular complexity index is 627. The summed E-state index contributed by atoms with van der Waals surface area (Å²) < 4.78 is 28.5. The normalized spacial score (nSPS) is 13.1. The Morgan fingerprint density at radius 2 is 2.12 bits per heavy atom. The summed E-state index contributed by atoms with van der Waals surface area (Å²) >= 11 is 0. The molecule has 2 nitrogen and oxygen atoms in total. The van der Waals surface area contributed by atoms with E-state index < -0.39 is 11.6 Å². The minimum absolute atomic E-state index is 0.346. The molecule has 0 radical (unpaired) electrons. The molecule has 0 fully saturated rings. The highest BCUT2D eigenvalue weighted by atomic mass is 19.1. The third-order valence-corrected chi connectivity index (χ3v) is 2.99. The van der Waals surface area contributed by atoms with Gasteiger partial charge in [0.15, 0.2) is 0 Å². The first-order valence-electron chi connectivity index (χ1n) is 5.36. The second-order valence-electron chi connectivity index (χ2n) is 4.04. The van der Waals surface area contributed by atoms with Crippen LogP contribution in [0.2, 0.25) is 0 Å². The minimum atomic E-state index is -0.575. The summed E-state index contributed by atoms with van der Waals surface area (Å²) in [5, 5.41) is 0. The van der Waals surface area contributed by atoms with Gasteiger partial charge in [-0.15, -0.1) is 0 Å². The molecular weight excluding hydrogens is 222 g/mol. The van der Waals surface area contributed by atoms with Crippen molar-refractivity contribution in [1.29, 1.82) is 0 Å². The van der Waals surface area contributed by atoms with Gasteiger partial charge >= 0.3 is 0 Å². The maximum atomic E-state index is 13.7. The van der Waals surface area contributed by atoms with Crippen molar-refractivity contribution < 1.29 is 8.78 Å². The maximum absolute atomic E-state index is 13.7. The van der Waals surface area contributed by atoms with Crippen LogP contribution >= 0.6 is 0 Å². The van der Waals surface area contributed by atoms with E-state index in [2.05, 4.69) is 4.98 Å². The van der Waals surface area contributed by atoms with E-state index >= 15 is 0 Å². The molecule has 0 bridgehead atoms. The smallest absolute Gasteiger partial charge is 0.135 e. The number of aromatic nitrogens is 2. The van der Waals surface area contributed by atoms with Gasteiger partial charge in [-0.05, 0) is 25.1 Å². The fourth-order valence-electron chi connectivity index (χ4n) is 2.11. The molecule has 0 spiro atoms. The SMILES string of the molecule is Cc1c(-c2ccc(F)cc2F)nc2n1CC=C2. The first-order valence-corrected chi connectivity index (χ1v) is 5.36. The zero-order chi connectivity index (χ0) is 12.0. The molecule has 0 unspecified atom stereocenters. The van der Waals surface area contributed by atoms with Crippen molar-refractivity contribution >= 4 is 6.08 Å². The quantitative estimate of drug-likeness (QED) is 0.738. The van der Waals surface area contributed by atoms with E-state index in [4.69, 9.17) is 0 Å². The van der Waals surface area contributed by atoms with Crippen molar-refractivity contribution in [2.24, 2.45) is 0 Å². The Balaban J connectivity index is 2.19. The highest BCUT2D eigenvalue weighted by Gasteiger charge is 2.18. The Morgan fingerprint density at radius 3 is 2.82 bits per heavy atom. The Morgan fingerprint density at radius 1 is 1.29 bits per heavy atom. The van der Waals surface area contributed by atoms with Crippen molar-refractivity contribution in [2.45, 2.75) is 13.5 Å². The first kappa shape index (κ1) is 10.2. The van der Waals surface area contributed by atoms with Crippen LogP contribution in [0.5, 0.6) is 0 Å². The lowest BCUT2D eigenvalue weighted by Crippen LogP contribution is -1.96. The van der Waals surface area contributed by atoms with Gasteiger partial charge in [-0.1, -0.05) is 6.08 Å². The Labute approximate surface area is 97.2 Å². The fourth-order valence-corrected chi connectivity index (χ4v) is 2.11. The second-order valence-corrected chi connectivity index (χ2v) is 4.04. The van der Waals surface area contributed by atoms with Crippen LogP contribution < -0.4 is 0 Å². The lowest BCUT2D eigenvalue weighted by molar-refractivity contribution is 0.585. The molecule has 1 aliphatic heterocycles. The van der Waals surface area contributed by atoms with Crippen molar-refractivity contribution in [3.8, 4) is 11.3 Å². The molecule has 1 aliphatic rings. The zero-order valence-corrected chi connectivity index (χ0v) is 9.24. The Kier molecular flexibility index (Phi) is 2.11. The molecular formula is C13H10F2N2. The molecule has 86 valence electrons. The van der Waals surface area contributed by atoms with Gasteiger partial charge in [0.25, 0.3) is 0 Å². The molecule has 2 heterocycles. The van der Waals surface area contributed by atoms with Crippen molar-refractivity contribution in [2.75, 3.05) is 0 Å². The van der Waals surface area contributed by atoms with Crippen LogP contribution in [0.25, 0.3) is 17.3 Å². The number of hydrogen-bond acceptors (Lipinski definition) is 1. The summed E-state index contributed by atoms with van der Waals surface area (Å²) in [7, 11) is 0. The van der Waals surface area contributed by atoms with Crippen LogP contribution in [0.4, 0.5) is 8.78 Å². The lowest BCUT2D eigenvalue weighted by Gasteiger charge is -2.03. The average molecular weight is 232 g/mol. The number of fused-ring (bicyclic) bond motifs is 1. The van der Waals surface area contributed by atoms with Gasteiger partial charge in [-0.2, -0.15) is 0 Å². The number of rotatable bonds is 1. The van der Waals surface area contributed by atoms with Crippen molar-refractivity contribution in [1.82, 2.24) is 9.55 Å². The topological polar surface area (TPSA) is 17.8 Å². The molecule has 0 atom stereocenters. The number of benzene rings is 1. The zero-order valence-electron chi connectivity index (χ0n) is 9.24. The number of allylic oxidation sites excluding steroid dienone is 1. The standard InChI is InChI=1S/C13H10F2N2/c1-8-13(16-12-3-2-6-17(8)12)10-5-4-9(14)7-11(10)15/h2-5,7H,6H2,1H3. The predicted molar refractivity (Wildman–Crippen MR) is 61.4 cm³/mol. The van der Waals surface area contributed by atoms with Gasteiger partial charge in [0.2, 0.25) is 0 Å². The van der Waals surface area contributed by atoms with Crippen molar-refractivity contribution in [3.63, 3.8) is 0 Å². The first-order chi connectivity index (χ1) is 8.16. The maximum Gasteiger partial charge on any atom is 0.135 e.